The fourth-order valence-corrected chi connectivity index (χ4v) is 2.08. The van der Waals surface area contributed by atoms with Gasteiger partial charge in [0.05, 0.1) is 5.92 Å². The topological polar surface area (TPSA) is 56.0 Å². The number of carbonyl (C=O) groups excluding carboxylic acids is 1. The lowest BCUT2D eigenvalue weighted by Gasteiger charge is -2.03. The highest BCUT2D eigenvalue weighted by molar-refractivity contribution is 6.36. The second kappa shape index (κ2) is 5.72. The van der Waals surface area contributed by atoms with Crippen LogP contribution in [-0.4, -0.2) is 15.9 Å². The summed E-state index contributed by atoms with van der Waals surface area (Å²) in [4.78, 5) is 15.4. The van der Waals surface area contributed by atoms with Crippen molar-refractivity contribution < 1.29 is 9.32 Å². The molecule has 1 aromatic carbocycles. The summed E-state index contributed by atoms with van der Waals surface area (Å²) >= 11 is 12.1. The maximum atomic E-state index is 11.2. The van der Waals surface area contributed by atoms with Gasteiger partial charge in [-0.3, -0.25) is 4.79 Å². The molecule has 0 saturated heterocycles. The first kappa shape index (κ1) is 14.0. The molecule has 2 aromatic rings. The highest BCUT2D eigenvalue weighted by Crippen LogP contribution is 2.26. The van der Waals surface area contributed by atoms with Crippen LogP contribution >= 0.6 is 23.2 Å². The van der Waals surface area contributed by atoms with E-state index in [1.54, 1.807) is 25.1 Å². The van der Waals surface area contributed by atoms with Crippen LogP contribution < -0.4 is 0 Å². The van der Waals surface area contributed by atoms with Crippen molar-refractivity contribution in [1.82, 2.24) is 10.1 Å². The Bertz CT molecular complexity index is 590. The zero-order chi connectivity index (χ0) is 14.0. The summed E-state index contributed by atoms with van der Waals surface area (Å²) in [5, 5.41) is 4.95. The molecule has 0 N–H and O–H groups in total. The molecule has 1 atom stereocenters. The lowest BCUT2D eigenvalue weighted by atomic mass is 10.1. The van der Waals surface area contributed by atoms with Crippen molar-refractivity contribution in [2.75, 3.05) is 0 Å². The Hall–Kier alpha value is -1.39. The maximum Gasteiger partial charge on any atom is 0.236 e. The first-order chi connectivity index (χ1) is 8.99. The molecule has 0 saturated carbocycles. The van der Waals surface area contributed by atoms with E-state index < -0.39 is 5.92 Å². The van der Waals surface area contributed by atoms with Gasteiger partial charge < -0.3 is 4.52 Å². The predicted molar refractivity (Wildman–Crippen MR) is 72.7 cm³/mol. The lowest BCUT2D eigenvalue weighted by molar-refractivity contribution is -0.118. The number of ketones is 1. The van der Waals surface area contributed by atoms with Crippen LogP contribution in [0.1, 0.15) is 37.0 Å². The van der Waals surface area contributed by atoms with Crippen molar-refractivity contribution in [3.05, 3.63) is 45.5 Å². The zero-order valence-electron chi connectivity index (χ0n) is 10.5. The molecule has 6 heteroatoms. The molecule has 0 aliphatic carbocycles. The molecule has 0 radical (unpaired) electrons. The number of rotatable bonds is 4. The van der Waals surface area contributed by atoms with Crippen LogP contribution in [-0.2, 0) is 11.2 Å². The Balaban J connectivity index is 2.23. The van der Waals surface area contributed by atoms with Crippen molar-refractivity contribution >= 4 is 29.0 Å². The van der Waals surface area contributed by atoms with Gasteiger partial charge in [0.2, 0.25) is 5.89 Å². The molecule has 1 heterocycles. The van der Waals surface area contributed by atoms with Crippen LogP contribution in [0.2, 0.25) is 10.0 Å². The quantitative estimate of drug-likeness (QED) is 0.864. The summed E-state index contributed by atoms with van der Waals surface area (Å²) < 4.78 is 5.07. The number of Topliss-reactive ketones (excluding diaryl/α,β-unsaturated/α-hetero) is 1. The van der Waals surface area contributed by atoms with Gasteiger partial charge in [0.1, 0.15) is 5.78 Å². The van der Waals surface area contributed by atoms with E-state index in [9.17, 15) is 4.79 Å². The minimum atomic E-state index is -0.400. The van der Waals surface area contributed by atoms with Crippen molar-refractivity contribution in [2.24, 2.45) is 0 Å². The van der Waals surface area contributed by atoms with E-state index in [1.165, 1.54) is 6.92 Å². The number of nitrogens with zero attached hydrogens (tertiary/aromatic N) is 2. The van der Waals surface area contributed by atoms with E-state index in [2.05, 4.69) is 10.1 Å². The van der Waals surface area contributed by atoms with Crippen LogP contribution in [0.25, 0.3) is 0 Å². The molecule has 2 rings (SSSR count). The molecule has 0 aliphatic rings. The molecule has 0 spiro atoms. The number of carbonyl (C=O) groups is 1. The first-order valence-electron chi connectivity index (χ1n) is 5.75. The average Bonchev–Trinajstić information content (AvgIpc) is 2.81. The van der Waals surface area contributed by atoms with Crippen molar-refractivity contribution in [2.45, 2.75) is 26.2 Å². The number of halogens is 2. The Morgan fingerprint density at radius 3 is 2.58 bits per heavy atom. The standard InChI is InChI=1S/C13H12Cl2N2O2/c1-7(8(2)18)13-16-12(17-19-13)6-9-10(14)4-3-5-11(9)15/h3-5,7H,6H2,1-2H3. The summed E-state index contributed by atoms with van der Waals surface area (Å²) in [6.45, 7) is 3.21. The van der Waals surface area contributed by atoms with Gasteiger partial charge in [-0.2, -0.15) is 4.98 Å². The number of aromatic nitrogens is 2. The van der Waals surface area contributed by atoms with Crippen LogP contribution in [0.15, 0.2) is 22.7 Å². The molecule has 0 fully saturated rings. The van der Waals surface area contributed by atoms with E-state index in [-0.39, 0.29) is 5.78 Å². The highest BCUT2D eigenvalue weighted by atomic mass is 35.5. The lowest BCUT2D eigenvalue weighted by Crippen LogP contribution is -2.04. The molecule has 19 heavy (non-hydrogen) atoms. The molecule has 100 valence electrons. The van der Waals surface area contributed by atoms with Gasteiger partial charge in [-0.15, -0.1) is 0 Å². The van der Waals surface area contributed by atoms with E-state index in [0.29, 0.717) is 28.2 Å². The second-order valence-corrected chi connectivity index (χ2v) is 5.07. The second-order valence-electron chi connectivity index (χ2n) is 4.26. The predicted octanol–water partition coefficient (Wildman–Crippen LogP) is 3.66. The van der Waals surface area contributed by atoms with Gasteiger partial charge >= 0.3 is 0 Å². The number of benzene rings is 1. The minimum absolute atomic E-state index is 0.0222. The van der Waals surface area contributed by atoms with Crippen LogP contribution in [0, 0.1) is 0 Å². The van der Waals surface area contributed by atoms with Gasteiger partial charge in [0.15, 0.2) is 5.82 Å². The average molecular weight is 299 g/mol. The fourth-order valence-electron chi connectivity index (χ4n) is 1.55. The van der Waals surface area contributed by atoms with E-state index in [0.717, 1.165) is 5.56 Å². The summed E-state index contributed by atoms with van der Waals surface area (Å²) in [5.41, 5.74) is 0.744. The monoisotopic (exact) mass is 298 g/mol. The first-order valence-corrected chi connectivity index (χ1v) is 6.50. The molecule has 1 aromatic heterocycles. The molecular formula is C13H12Cl2N2O2. The molecular weight excluding hydrogens is 287 g/mol. The SMILES string of the molecule is CC(=O)C(C)c1nc(Cc2c(Cl)cccc2Cl)no1. The van der Waals surface area contributed by atoms with Crippen LogP contribution in [0.4, 0.5) is 0 Å². The van der Waals surface area contributed by atoms with Gasteiger partial charge in [0.25, 0.3) is 0 Å². The molecule has 0 amide bonds. The van der Waals surface area contributed by atoms with Crippen molar-refractivity contribution in [3.63, 3.8) is 0 Å². The fraction of sp³-hybridized carbons (Fsp3) is 0.308. The van der Waals surface area contributed by atoms with E-state index in [1.807, 2.05) is 0 Å². The molecule has 0 bridgehead atoms. The Labute approximate surface area is 120 Å². The summed E-state index contributed by atoms with van der Waals surface area (Å²) in [7, 11) is 0. The largest absolute Gasteiger partial charge is 0.339 e. The van der Waals surface area contributed by atoms with Gasteiger partial charge in [0, 0.05) is 16.5 Å². The smallest absolute Gasteiger partial charge is 0.236 e. The van der Waals surface area contributed by atoms with Crippen molar-refractivity contribution in [3.8, 4) is 0 Å². The Kier molecular flexibility index (Phi) is 4.22. The van der Waals surface area contributed by atoms with Gasteiger partial charge in [-0.1, -0.05) is 34.4 Å². The Morgan fingerprint density at radius 2 is 2.00 bits per heavy atom. The third kappa shape index (κ3) is 3.14. The van der Waals surface area contributed by atoms with E-state index in [4.69, 9.17) is 27.7 Å². The zero-order valence-corrected chi connectivity index (χ0v) is 12.0. The van der Waals surface area contributed by atoms with E-state index >= 15 is 0 Å². The van der Waals surface area contributed by atoms with Crippen LogP contribution in [0.3, 0.4) is 0 Å². The Morgan fingerprint density at radius 1 is 1.37 bits per heavy atom. The summed E-state index contributed by atoms with van der Waals surface area (Å²) in [5.74, 6) is 0.345. The third-order valence-electron chi connectivity index (χ3n) is 2.86. The summed E-state index contributed by atoms with van der Waals surface area (Å²) in [6, 6.07) is 5.28. The molecule has 4 nitrogen and oxygen atoms in total. The molecule has 0 aliphatic heterocycles. The van der Waals surface area contributed by atoms with Gasteiger partial charge in [-0.25, -0.2) is 0 Å². The normalized spacial score (nSPS) is 12.4. The number of hydrogen-bond donors (Lipinski definition) is 0. The third-order valence-corrected chi connectivity index (χ3v) is 3.57. The maximum absolute atomic E-state index is 11.2. The van der Waals surface area contributed by atoms with Crippen molar-refractivity contribution in [1.29, 1.82) is 0 Å². The minimum Gasteiger partial charge on any atom is -0.339 e. The summed E-state index contributed by atoms with van der Waals surface area (Å²) in [6.07, 6.45) is 0.368. The van der Waals surface area contributed by atoms with Crippen LogP contribution in [0.5, 0.6) is 0 Å². The number of hydrogen-bond acceptors (Lipinski definition) is 4. The highest BCUT2D eigenvalue weighted by Gasteiger charge is 2.19. The molecule has 1 unspecified atom stereocenters. The van der Waals surface area contributed by atoms with Gasteiger partial charge in [-0.05, 0) is 31.5 Å².